The third-order valence-corrected chi connectivity index (χ3v) is 1.68. The van der Waals surface area contributed by atoms with Crippen molar-refractivity contribution in [3.05, 3.63) is 28.3 Å². The topological polar surface area (TPSA) is 44.0 Å². The molecule has 0 fully saturated rings. The molecule has 0 aromatic heterocycles. The number of aryl methyl sites for hydroxylation is 1. The van der Waals surface area contributed by atoms with Crippen LogP contribution < -0.4 is 0 Å². The van der Waals surface area contributed by atoms with Gasteiger partial charge in [0.2, 0.25) is 0 Å². The number of hydrogen-bond acceptors (Lipinski definition) is 2. The monoisotopic (exact) mass is 167 g/mol. The number of phenols is 1. The Morgan fingerprint density at radius 2 is 2.18 bits per heavy atom. The van der Waals surface area contributed by atoms with Crippen LogP contribution in [0.1, 0.15) is 11.1 Å². The van der Waals surface area contributed by atoms with E-state index in [-0.39, 0.29) is 5.75 Å². The molecule has 0 atom stereocenters. The molecule has 0 unspecified atom stereocenters. The van der Waals surface area contributed by atoms with Crippen molar-refractivity contribution in [1.29, 1.82) is 5.26 Å². The van der Waals surface area contributed by atoms with Crippen LogP contribution in [0.4, 0.5) is 0 Å². The number of benzene rings is 1. The molecule has 0 saturated heterocycles. The molecule has 1 aromatic rings. The summed E-state index contributed by atoms with van der Waals surface area (Å²) in [6.07, 6.45) is 0. The van der Waals surface area contributed by atoms with Crippen LogP contribution >= 0.6 is 11.6 Å². The summed E-state index contributed by atoms with van der Waals surface area (Å²) in [5.74, 6) is 0.0894. The molecule has 1 N–H and O–H groups in total. The van der Waals surface area contributed by atoms with E-state index in [1.165, 1.54) is 12.1 Å². The molecule has 11 heavy (non-hydrogen) atoms. The maximum atomic E-state index is 9.02. The summed E-state index contributed by atoms with van der Waals surface area (Å²) in [6.45, 7) is 1.73. The van der Waals surface area contributed by atoms with Crippen LogP contribution in [0, 0.1) is 18.3 Å². The molecule has 56 valence electrons. The van der Waals surface area contributed by atoms with Crippen LogP contribution in [0.3, 0.4) is 0 Å². The molecule has 0 aliphatic heterocycles. The highest BCUT2D eigenvalue weighted by atomic mass is 35.5. The van der Waals surface area contributed by atoms with Crippen molar-refractivity contribution in [2.75, 3.05) is 0 Å². The first-order valence-electron chi connectivity index (χ1n) is 3.04. The zero-order valence-electron chi connectivity index (χ0n) is 5.93. The van der Waals surface area contributed by atoms with Crippen LogP contribution in [0.25, 0.3) is 0 Å². The average molecular weight is 168 g/mol. The molecule has 1 aromatic carbocycles. The number of nitrogens with zero attached hydrogens (tertiary/aromatic N) is 1. The Hall–Kier alpha value is -1.20. The zero-order valence-corrected chi connectivity index (χ0v) is 6.68. The number of aromatic hydroxyl groups is 1. The fourth-order valence-electron chi connectivity index (χ4n) is 0.868. The molecule has 3 heteroatoms. The van der Waals surface area contributed by atoms with E-state index >= 15 is 0 Å². The molecule has 0 spiro atoms. The second-order valence-electron chi connectivity index (χ2n) is 2.23. The van der Waals surface area contributed by atoms with Crippen molar-refractivity contribution in [1.82, 2.24) is 0 Å². The van der Waals surface area contributed by atoms with Gasteiger partial charge in [0.15, 0.2) is 0 Å². The first-order chi connectivity index (χ1) is 5.15. The van der Waals surface area contributed by atoms with E-state index in [1.807, 2.05) is 6.07 Å². The molecule has 1 rings (SSSR count). The summed E-state index contributed by atoms with van der Waals surface area (Å²) in [5, 5.41) is 17.9. The van der Waals surface area contributed by atoms with Crippen LogP contribution in [-0.4, -0.2) is 5.11 Å². The number of nitriles is 1. The maximum absolute atomic E-state index is 9.02. The van der Waals surface area contributed by atoms with Gasteiger partial charge in [-0.2, -0.15) is 5.26 Å². The predicted octanol–water partition coefficient (Wildman–Crippen LogP) is 2.23. The van der Waals surface area contributed by atoms with Gasteiger partial charge < -0.3 is 5.11 Å². The molecular weight excluding hydrogens is 162 g/mol. The normalized spacial score (nSPS) is 9.18. The van der Waals surface area contributed by atoms with E-state index in [0.717, 1.165) is 0 Å². The summed E-state index contributed by atoms with van der Waals surface area (Å²) in [7, 11) is 0. The van der Waals surface area contributed by atoms with Gasteiger partial charge in [-0.25, -0.2) is 0 Å². The number of rotatable bonds is 0. The molecule has 0 heterocycles. The minimum absolute atomic E-state index is 0.0894. The van der Waals surface area contributed by atoms with E-state index in [2.05, 4.69) is 0 Å². The van der Waals surface area contributed by atoms with E-state index in [9.17, 15) is 0 Å². The second kappa shape index (κ2) is 2.81. The second-order valence-corrected chi connectivity index (χ2v) is 2.64. The van der Waals surface area contributed by atoms with Gasteiger partial charge in [-0.05, 0) is 24.6 Å². The standard InChI is InChI=1S/C8H6ClNO/c1-5-2-6(11)3-8(9)7(5)4-10/h2-3,11H,1H3. The molecular formula is C8H6ClNO. The van der Waals surface area contributed by atoms with E-state index < -0.39 is 0 Å². The lowest BCUT2D eigenvalue weighted by Gasteiger charge is -1.99. The van der Waals surface area contributed by atoms with Gasteiger partial charge in [0, 0.05) is 0 Å². The lowest BCUT2D eigenvalue weighted by molar-refractivity contribution is 0.475. The molecule has 0 radical (unpaired) electrons. The minimum atomic E-state index is 0.0894. The van der Waals surface area contributed by atoms with Crippen LogP contribution in [0.2, 0.25) is 5.02 Å². The summed E-state index contributed by atoms with van der Waals surface area (Å²) >= 11 is 5.65. The fraction of sp³-hybridized carbons (Fsp3) is 0.125. The Morgan fingerprint density at radius 3 is 2.64 bits per heavy atom. The summed E-state index contributed by atoms with van der Waals surface area (Å²) in [6, 6.07) is 4.81. The van der Waals surface area contributed by atoms with Crippen LogP contribution in [0.15, 0.2) is 12.1 Å². The van der Waals surface area contributed by atoms with Gasteiger partial charge in [-0.1, -0.05) is 11.6 Å². The Balaban J connectivity index is 3.40. The smallest absolute Gasteiger partial charge is 0.117 e. The van der Waals surface area contributed by atoms with Crippen LogP contribution in [-0.2, 0) is 0 Å². The third kappa shape index (κ3) is 1.44. The summed E-state index contributed by atoms with van der Waals surface area (Å²) in [4.78, 5) is 0. The van der Waals surface area contributed by atoms with Crippen molar-refractivity contribution in [3.63, 3.8) is 0 Å². The average Bonchev–Trinajstić information content (AvgIpc) is 1.85. The van der Waals surface area contributed by atoms with Gasteiger partial charge in [0.05, 0.1) is 10.6 Å². The minimum Gasteiger partial charge on any atom is -0.508 e. The quantitative estimate of drug-likeness (QED) is 0.644. The van der Waals surface area contributed by atoms with Crippen molar-refractivity contribution < 1.29 is 5.11 Å². The zero-order chi connectivity index (χ0) is 8.43. The lowest BCUT2D eigenvalue weighted by Crippen LogP contribution is -1.82. The van der Waals surface area contributed by atoms with Crippen molar-refractivity contribution >= 4 is 11.6 Å². The van der Waals surface area contributed by atoms with E-state index in [0.29, 0.717) is 16.1 Å². The third-order valence-electron chi connectivity index (χ3n) is 1.38. The van der Waals surface area contributed by atoms with Gasteiger partial charge in [-0.15, -0.1) is 0 Å². The van der Waals surface area contributed by atoms with E-state index in [1.54, 1.807) is 6.92 Å². The Labute approximate surface area is 69.7 Å². The summed E-state index contributed by atoms with van der Waals surface area (Å²) < 4.78 is 0. The highest BCUT2D eigenvalue weighted by molar-refractivity contribution is 6.32. The first kappa shape index (κ1) is 7.90. The Morgan fingerprint density at radius 1 is 1.55 bits per heavy atom. The largest absolute Gasteiger partial charge is 0.508 e. The Bertz CT molecular complexity index is 304. The van der Waals surface area contributed by atoms with Gasteiger partial charge in [-0.3, -0.25) is 0 Å². The van der Waals surface area contributed by atoms with Crippen molar-refractivity contribution in [2.24, 2.45) is 0 Å². The predicted molar refractivity (Wildman–Crippen MR) is 42.6 cm³/mol. The molecule has 0 bridgehead atoms. The highest BCUT2D eigenvalue weighted by Gasteiger charge is 2.04. The van der Waals surface area contributed by atoms with E-state index in [4.69, 9.17) is 22.0 Å². The first-order valence-corrected chi connectivity index (χ1v) is 3.42. The van der Waals surface area contributed by atoms with Gasteiger partial charge in [0.25, 0.3) is 0 Å². The SMILES string of the molecule is Cc1cc(O)cc(Cl)c1C#N. The maximum Gasteiger partial charge on any atom is 0.117 e. The fourth-order valence-corrected chi connectivity index (χ4v) is 1.17. The molecule has 0 saturated carbocycles. The van der Waals surface area contributed by atoms with Crippen molar-refractivity contribution in [2.45, 2.75) is 6.92 Å². The molecule has 0 aliphatic rings. The summed E-state index contributed by atoms with van der Waals surface area (Å²) in [5.41, 5.74) is 1.11. The molecule has 0 aliphatic carbocycles. The highest BCUT2D eigenvalue weighted by Crippen LogP contribution is 2.24. The number of halogens is 1. The Kier molecular flexibility index (Phi) is 2.02. The van der Waals surface area contributed by atoms with Gasteiger partial charge in [0.1, 0.15) is 11.8 Å². The molecule has 2 nitrogen and oxygen atoms in total. The van der Waals surface area contributed by atoms with Crippen molar-refractivity contribution in [3.8, 4) is 11.8 Å². The lowest BCUT2D eigenvalue weighted by atomic mass is 10.1. The number of phenolic OH excluding ortho intramolecular Hbond substituents is 1. The van der Waals surface area contributed by atoms with Gasteiger partial charge >= 0.3 is 0 Å². The van der Waals surface area contributed by atoms with Crippen LogP contribution in [0.5, 0.6) is 5.75 Å². The molecule has 0 amide bonds. The number of hydrogen-bond donors (Lipinski definition) is 1.